The molecule has 488 valence electrons. The molecule has 1 saturated heterocycles. The highest BCUT2D eigenvalue weighted by Gasteiger charge is 2.43. The first-order valence-corrected chi connectivity index (χ1v) is 31.4. The molecule has 4 amide bonds. The molecule has 0 radical (unpaired) electrons. The van der Waals surface area contributed by atoms with Gasteiger partial charge in [-0.1, -0.05) is 104 Å². The average Bonchev–Trinajstić information content (AvgIpc) is 1.19. The Hall–Kier alpha value is -8.30. The number of likely N-dealkylation sites (N-methyl/N-ethyl adjacent to an activating group) is 4. The summed E-state index contributed by atoms with van der Waals surface area (Å²) in [6.07, 6.45) is -2.69. The molecule has 22 nitrogen and oxygen atoms in total. The van der Waals surface area contributed by atoms with Crippen molar-refractivity contribution in [2.24, 2.45) is 23.7 Å². The van der Waals surface area contributed by atoms with Crippen LogP contribution in [0.1, 0.15) is 117 Å². The second kappa shape index (κ2) is 31.4. The van der Waals surface area contributed by atoms with Crippen LogP contribution in [0.3, 0.4) is 0 Å². The molecule has 0 spiro atoms. The van der Waals surface area contributed by atoms with Crippen LogP contribution in [0.4, 0.5) is 11.6 Å². The molecule has 0 unspecified atom stereocenters. The molecule has 0 saturated carbocycles. The first kappa shape index (κ1) is 69.2. The molecule has 5 heterocycles. The van der Waals surface area contributed by atoms with Gasteiger partial charge in [0.05, 0.1) is 13.1 Å². The largest absolute Gasteiger partial charge is 0.488 e. The van der Waals surface area contributed by atoms with E-state index in [1.165, 1.54) is 51.8 Å². The molecule has 4 aromatic rings. The second-order valence-corrected chi connectivity index (χ2v) is 25.6. The number of benzene rings is 2. The molecule has 3 aliphatic heterocycles. The Labute approximate surface area is 529 Å². The smallest absolute Gasteiger partial charge is 0.329 e. The van der Waals surface area contributed by atoms with Gasteiger partial charge in [0, 0.05) is 66.5 Å². The van der Waals surface area contributed by atoms with Gasteiger partial charge in [0.15, 0.2) is 47.6 Å². The summed E-state index contributed by atoms with van der Waals surface area (Å²) >= 11 is 0. The minimum Gasteiger partial charge on any atom is -0.488 e. The number of rotatable bonds is 16. The Morgan fingerprint density at radius 2 is 0.700 bits per heavy atom. The van der Waals surface area contributed by atoms with Gasteiger partial charge in [-0.2, -0.15) is 0 Å². The molecule has 0 aliphatic carbocycles. The van der Waals surface area contributed by atoms with Crippen molar-refractivity contribution in [2.45, 2.75) is 169 Å². The number of hydrogen-bond acceptors (Lipinski definition) is 18. The SMILES string of the molecule is CC(C)C[C@H]1C(=O)O[C@H](Cc2ccc(CN3CCOc4cccnc43)cc2)C(=O)N(C)[C@@H](CC(C)C)C(=O)O[C@H](C)C(=O)N(C)[C@@H](CC(C)C)C(=O)O[C@H](Cc2ccc(CN3CCOc4cccnc43)cc2)C(=O)N(C)[C@@H](CC(C)C)C(=O)O[C@H](C)C(=O)N1C. The lowest BCUT2D eigenvalue weighted by atomic mass is 9.99. The third-order valence-corrected chi connectivity index (χ3v) is 16.4. The number of esters is 4. The van der Waals surface area contributed by atoms with Gasteiger partial charge in [-0.15, -0.1) is 0 Å². The van der Waals surface area contributed by atoms with Crippen LogP contribution in [0.15, 0.2) is 85.2 Å². The van der Waals surface area contributed by atoms with Crippen LogP contribution < -0.4 is 19.3 Å². The lowest BCUT2D eigenvalue weighted by Crippen LogP contribution is -2.55. The van der Waals surface area contributed by atoms with Crippen molar-refractivity contribution in [3.8, 4) is 11.5 Å². The summed E-state index contributed by atoms with van der Waals surface area (Å²) < 4.78 is 36.1. The van der Waals surface area contributed by atoms with Crippen LogP contribution >= 0.6 is 0 Å². The fourth-order valence-corrected chi connectivity index (χ4v) is 11.4. The van der Waals surface area contributed by atoms with Crippen LogP contribution in [0, 0.1) is 23.7 Å². The van der Waals surface area contributed by atoms with Crippen molar-refractivity contribution in [3.63, 3.8) is 0 Å². The van der Waals surface area contributed by atoms with E-state index in [4.69, 9.17) is 28.4 Å². The Morgan fingerprint density at radius 3 is 1.01 bits per heavy atom. The molecular weight excluding hydrogens is 1150 g/mol. The Morgan fingerprint density at radius 1 is 0.411 bits per heavy atom. The summed E-state index contributed by atoms with van der Waals surface area (Å²) in [6.45, 7) is 20.8. The minimum atomic E-state index is -1.55. The molecule has 1 fully saturated rings. The summed E-state index contributed by atoms with van der Waals surface area (Å²) in [5.41, 5.74) is 3.09. The van der Waals surface area contributed by atoms with Crippen molar-refractivity contribution in [3.05, 3.63) is 107 Å². The number of cyclic esters (lactones) is 4. The van der Waals surface area contributed by atoms with Crippen LogP contribution in [0.2, 0.25) is 0 Å². The molecule has 3 aliphatic rings. The number of carbonyl (C=O) groups is 8. The third-order valence-electron chi connectivity index (χ3n) is 16.4. The number of carbonyl (C=O) groups excluding carboxylic acids is 8. The molecule has 2 aromatic heterocycles. The quantitative estimate of drug-likeness (QED) is 0.0793. The zero-order valence-corrected chi connectivity index (χ0v) is 54.8. The van der Waals surface area contributed by atoms with Gasteiger partial charge < -0.3 is 57.8 Å². The topological polar surface area (TPSA) is 237 Å². The monoisotopic (exact) mass is 1240 g/mol. The molecule has 90 heavy (non-hydrogen) atoms. The lowest BCUT2D eigenvalue weighted by Gasteiger charge is -2.35. The van der Waals surface area contributed by atoms with Crippen molar-refractivity contribution in [2.75, 3.05) is 64.3 Å². The molecule has 22 heteroatoms. The van der Waals surface area contributed by atoms with E-state index in [-0.39, 0.29) is 62.2 Å². The normalized spacial score (nSPS) is 23.3. The molecule has 2 aromatic carbocycles. The van der Waals surface area contributed by atoms with Crippen LogP contribution in [0.25, 0.3) is 0 Å². The molecule has 0 N–H and O–H groups in total. The molecule has 7 rings (SSSR count). The standard InChI is InChI=1S/C68H92N8O14/c1-41(2)33-51-65(81)87-45(9)61(77)71(11)54(36-44(7)8)68(84)90-58(38-48-21-25-50(26-22-48)40-76-30-32-86-56-18-16-28-70-60(56)76)64(80)74(14)52(34-42(3)4)66(82)88-46(10)62(78)72(12)53(35-43(5)6)67(83)89-57(63(79)73(51)13)37-47-19-23-49(24-20-47)39-75-29-31-85-55-17-15-27-69-59(55)75/h15-28,41-46,51-54,57-58H,29-40H2,1-14H3/t45-,46-,51+,52+,53+,54+,57-,58-/m1/s1. The first-order valence-electron chi connectivity index (χ1n) is 31.4. The minimum absolute atomic E-state index is 0.0727. The molecular formula is C68H92N8O14. The average molecular weight is 1250 g/mol. The maximum Gasteiger partial charge on any atom is 0.329 e. The highest BCUT2D eigenvalue weighted by molar-refractivity contribution is 5.94. The van der Waals surface area contributed by atoms with Crippen molar-refractivity contribution in [1.82, 2.24) is 29.6 Å². The molecule has 8 atom stereocenters. The summed E-state index contributed by atoms with van der Waals surface area (Å²) in [5, 5.41) is 0. The number of hydrogen-bond donors (Lipinski definition) is 0. The van der Waals surface area contributed by atoms with Gasteiger partial charge in [0.1, 0.15) is 37.4 Å². The lowest BCUT2D eigenvalue weighted by molar-refractivity contribution is -0.176. The van der Waals surface area contributed by atoms with Crippen molar-refractivity contribution in [1.29, 1.82) is 0 Å². The highest BCUT2D eigenvalue weighted by atomic mass is 16.6. The fraction of sp³-hybridized carbons (Fsp3) is 0.559. The Balaban J connectivity index is 1.23. The number of pyridine rings is 2. The maximum absolute atomic E-state index is 15.2. The zero-order chi connectivity index (χ0) is 65.7. The fourth-order valence-electron chi connectivity index (χ4n) is 11.4. The number of ether oxygens (including phenoxy) is 6. The van der Waals surface area contributed by atoms with Crippen LogP contribution in [-0.4, -0.2) is 180 Å². The summed E-state index contributed by atoms with van der Waals surface area (Å²) in [5.74, 6) is -4.73. The summed E-state index contributed by atoms with van der Waals surface area (Å²) in [6, 6.07) is 17.1. The predicted octanol–water partition coefficient (Wildman–Crippen LogP) is 7.25. The van der Waals surface area contributed by atoms with Gasteiger partial charge >= 0.3 is 23.9 Å². The number of amides is 4. The van der Waals surface area contributed by atoms with Gasteiger partial charge in [-0.3, -0.25) is 19.2 Å². The summed E-state index contributed by atoms with van der Waals surface area (Å²) in [4.78, 5) is 136. The van der Waals surface area contributed by atoms with E-state index in [0.717, 1.165) is 20.9 Å². The summed E-state index contributed by atoms with van der Waals surface area (Å²) in [7, 11) is 5.59. The Kier molecular flexibility index (Phi) is 24.2. The van der Waals surface area contributed by atoms with Gasteiger partial charge in [-0.05, 0) is 110 Å². The number of aromatic nitrogens is 2. The molecule has 0 bridgehead atoms. The number of anilines is 2. The second-order valence-electron chi connectivity index (χ2n) is 25.6. The van der Waals surface area contributed by atoms with Gasteiger partial charge in [-0.25, -0.2) is 29.1 Å². The van der Waals surface area contributed by atoms with E-state index >= 15 is 9.59 Å². The van der Waals surface area contributed by atoms with Gasteiger partial charge in [0.2, 0.25) is 0 Å². The van der Waals surface area contributed by atoms with Crippen LogP contribution in [0.5, 0.6) is 11.5 Å². The number of nitrogens with zero attached hydrogens (tertiary/aromatic N) is 8. The third kappa shape index (κ3) is 18.0. The van der Waals surface area contributed by atoms with E-state index in [0.29, 0.717) is 73.7 Å². The van der Waals surface area contributed by atoms with E-state index < -0.39 is 96.1 Å². The van der Waals surface area contributed by atoms with Crippen molar-refractivity contribution < 1.29 is 66.8 Å². The predicted molar refractivity (Wildman–Crippen MR) is 337 cm³/mol. The maximum atomic E-state index is 15.2. The highest BCUT2D eigenvalue weighted by Crippen LogP contribution is 2.32. The number of fused-ring (bicyclic) bond motifs is 2. The van der Waals surface area contributed by atoms with E-state index in [9.17, 15) is 28.8 Å². The van der Waals surface area contributed by atoms with Crippen LogP contribution in [-0.2, 0) is 83.2 Å². The van der Waals surface area contributed by atoms with E-state index in [2.05, 4.69) is 19.8 Å². The van der Waals surface area contributed by atoms with E-state index in [1.807, 2.05) is 128 Å². The zero-order valence-electron chi connectivity index (χ0n) is 54.8. The Bertz CT molecular complexity index is 2920. The van der Waals surface area contributed by atoms with E-state index in [1.54, 1.807) is 12.4 Å². The van der Waals surface area contributed by atoms with Gasteiger partial charge in [0.25, 0.3) is 23.6 Å². The first-order chi connectivity index (χ1) is 42.7. The van der Waals surface area contributed by atoms with Crippen molar-refractivity contribution >= 4 is 59.1 Å².